The summed E-state index contributed by atoms with van der Waals surface area (Å²) in [5, 5.41) is 4.13. The fourth-order valence-corrected chi connectivity index (χ4v) is 5.37. The number of halogens is 3. The number of carbonyl (C=O) groups excluding carboxylic acids is 1. The van der Waals surface area contributed by atoms with E-state index in [9.17, 15) is 26.4 Å². The minimum absolute atomic E-state index is 0.0509. The van der Waals surface area contributed by atoms with Crippen molar-refractivity contribution in [2.45, 2.75) is 42.8 Å². The molecule has 0 spiro atoms. The summed E-state index contributed by atoms with van der Waals surface area (Å²) in [5.74, 6) is -0.946. The van der Waals surface area contributed by atoms with E-state index < -0.39 is 27.5 Å². The Morgan fingerprint density at radius 3 is 2.46 bits per heavy atom. The summed E-state index contributed by atoms with van der Waals surface area (Å²) in [6.45, 7) is 0. The molecule has 0 bridgehead atoms. The Morgan fingerprint density at radius 2 is 1.86 bits per heavy atom. The number of alkyl halides is 3. The smallest absolute Gasteiger partial charge is 0.364 e. The third-order valence-electron chi connectivity index (χ3n) is 5.06. The first-order chi connectivity index (χ1) is 13.1. The fraction of sp³-hybridized carbons (Fsp3) is 0.444. The van der Waals surface area contributed by atoms with Crippen LogP contribution in [0.3, 0.4) is 0 Å². The molecule has 1 aromatic heterocycles. The van der Waals surface area contributed by atoms with Gasteiger partial charge in [0.15, 0.2) is 9.84 Å². The molecular formula is C18H20F3N3O3S. The molecule has 0 radical (unpaired) electrons. The number of primary amides is 1. The number of rotatable bonds is 5. The normalized spacial score (nSPS) is 20.8. The summed E-state index contributed by atoms with van der Waals surface area (Å²) in [6.07, 6.45) is -0.729. The van der Waals surface area contributed by atoms with E-state index in [4.69, 9.17) is 5.73 Å². The average Bonchev–Trinajstić information content (AvgIpc) is 3.11. The maximum Gasteiger partial charge on any atom is 0.416 e. The van der Waals surface area contributed by atoms with Gasteiger partial charge in [0, 0.05) is 6.20 Å². The molecule has 6 nitrogen and oxygen atoms in total. The highest BCUT2D eigenvalue weighted by Gasteiger charge is 2.33. The molecule has 0 atom stereocenters. The molecule has 28 heavy (non-hydrogen) atoms. The number of sulfone groups is 1. The molecule has 152 valence electrons. The quantitative estimate of drug-likeness (QED) is 0.811. The fourth-order valence-electron chi connectivity index (χ4n) is 3.63. The lowest BCUT2D eigenvalue weighted by molar-refractivity contribution is -0.137. The van der Waals surface area contributed by atoms with Gasteiger partial charge in [-0.3, -0.25) is 9.48 Å². The van der Waals surface area contributed by atoms with Gasteiger partial charge in [0.25, 0.3) is 5.91 Å². The first-order valence-electron chi connectivity index (χ1n) is 8.81. The van der Waals surface area contributed by atoms with Crippen molar-refractivity contribution >= 4 is 15.7 Å². The minimum Gasteiger partial charge on any atom is -0.364 e. The number of hydrogen-bond donors (Lipinski definition) is 1. The summed E-state index contributed by atoms with van der Waals surface area (Å²) < 4.78 is 65.3. The summed E-state index contributed by atoms with van der Waals surface area (Å²) >= 11 is 0. The van der Waals surface area contributed by atoms with E-state index in [2.05, 4.69) is 5.10 Å². The first kappa shape index (κ1) is 20.4. The highest BCUT2D eigenvalue weighted by atomic mass is 32.2. The van der Waals surface area contributed by atoms with Gasteiger partial charge in [-0.1, -0.05) is 6.07 Å². The Kier molecular flexibility index (Phi) is 5.51. The molecule has 1 aliphatic rings. The number of amides is 1. The van der Waals surface area contributed by atoms with E-state index in [0.717, 1.165) is 12.1 Å². The van der Waals surface area contributed by atoms with Crippen molar-refractivity contribution in [2.24, 2.45) is 11.7 Å². The zero-order valence-corrected chi connectivity index (χ0v) is 15.7. The van der Waals surface area contributed by atoms with E-state index in [1.54, 1.807) is 4.68 Å². The predicted molar refractivity (Wildman–Crippen MR) is 95.2 cm³/mol. The second-order valence-corrected chi connectivity index (χ2v) is 9.04. The highest BCUT2D eigenvalue weighted by Crippen LogP contribution is 2.35. The van der Waals surface area contributed by atoms with Crippen LogP contribution in [0.5, 0.6) is 0 Å². The van der Waals surface area contributed by atoms with Crippen LogP contribution in [-0.4, -0.2) is 29.9 Å². The lowest BCUT2D eigenvalue weighted by Gasteiger charge is -2.29. The Labute approximate surface area is 160 Å². The topological polar surface area (TPSA) is 95.1 Å². The average molecular weight is 415 g/mol. The molecule has 0 saturated heterocycles. The molecule has 10 heteroatoms. The van der Waals surface area contributed by atoms with Crippen molar-refractivity contribution in [3.05, 3.63) is 47.8 Å². The molecule has 0 unspecified atom stereocenters. The highest BCUT2D eigenvalue weighted by molar-refractivity contribution is 7.91. The van der Waals surface area contributed by atoms with E-state index in [1.807, 2.05) is 0 Å². The van der Waals surface area contributed by atoms with Gasteiger partial charge in [-0.2, -0.15) is 18.3 Å². The SMILES string of the molecule is NC(=O)c1ccnn1C1CCC(CS(=O)(=O)c2cccc(C(F)(F)F)c2)CC1. The molecular weight excluding hydrogens is 395 g/mol. The zero-order valence-electron chi connectivity index (χ0n) is 14.9. The van der Waals surface area contributed by atoms with Gasteiger partial charge in [0.05, 0.1) is 22.3 Å². The zero-order chi connectivity index (χ0) is 20.5. The Morgan fingerprint density at radius 1 is 1.18 bits per heavy atom. The summed E-state index contributed by atoms with van der Waals surface area (Å²) in [6, 6.07) is 5.32. The first-order valence-corrected chi connectivity index (χ1v) is 10.5. The van der Waals surface area contributed by atoms with Crippen LogP contribution in [0.2, 0.25) is 0 Å². The maximum atomic E-state index is 12.8. The van der Waals surface area contributed by atoms with E-state index >= 15 is 0 Å². The van der Waals surface area contributed by atoms with E-state index in [-0.39, 0.29) is 22.6 Å². The van der Waals surface area contributed by atoms with E-state index in [0.29, 0.717) is 37.4 Å². The molecule has 2 aromatic rings. The second kappa shape index (κ2) is 7.57. The molecule has 1 saturated carbocycles. The standard InChI is InChI=1S/C18H20F3N3O3S/c19-18(20,21)13-2-1-3-15(10-13)28(26,27)11-12-4-6-14(7-5-12)24-16(17(22)25)8-9-23-24/h1-3,8-10,12,14H,4-7,11H2,(H2,22,25). The van der Waals surface area contributed by atoms with E-state index in [1.165, 1.54) is 18.3 Å². The Balaban J connectivity index is 1.67. The molecule has 1 aromatic carbocycles. The molecule has 1 amide bonds. The van der Waals surface area contributed by atoms with Gasteiger partial charge in [0.1, 0.15) is 5.69 Å². The molecule has 1 fully saturated rings. The lowest BCUT2D eigenvalue weighted by atomic mass is 9.87. The number of nitrogens with zero attached hydrogens (tertiary/aromatic N) is 2. The van der Waals surface area contributed by atoms with Gasteiger partial charge < -0.3 is 5.73 Å². The Bertz CT molecular complexity index is 962. The van der Waals surface area contributed by atoms with Crippen LogP contribution in [0, 0.1) is 5.92 Å². The van der Waals surface area contributed by atoms with Crippen molar-refractivity contribution in [1.82, 2.24) is 9.78 Å². The molecule has 2 N–H and O–H groups in total. The molecule has 0 aliphatic heterocycles. The monoisotopic (exact) mass is 415 g/mol. The maximum absolute atomic E-state index is 12.8. The van der Waals surface area contributed by atoms with Crippen LogP contribution in [-0.2, 0) is 16.0 Å². The molecule has 3 rings (SSSR count). The summed E-state index contributed by atoms with van der Waals surface area (Å²) in [5.41, 5.74) is 4.65. The third-order valence-corrected chi connectivity index (χ3v) is 6.94. The number of benzene rings is 1. The minimum atomic E-state index is -4.59. The third kappa shape index (κ3) is 4.37. The van der Waals surface area contributed by atoms with Crippen LogP contribution in [0.1, 0.15) is 47.8 Å². The van der Waals surface area contributed by atoms with Crippen LogP contribution in [0.25, 0.3) is 0 Å². The van der Waals surface area contributed by atoms with Gasteiger partial charge >= 0.3 is 6.18 Å². The summed E-state index contributed by atoms with van der Waals surface area (Å²) in [7, 11) is -3.83. The van der Waals surface area contributed by atoms with Crippen molar-refractivity contribution in [3.8, 4) is 0 Å². The van der Waals surface area contributed by atoms with Gasteiger partial charge in [-0.15, -0.1) is 0 Å². The van der Waals surface area contributed by atoms with Crippen molar-refractivity contribution in [2.75, 3.05) is 5.75 Å². The number of aromatic nitrogens is 2. The number of carbonyl (C=O) groups is 1. The number of nitrogens with two attached hydrogens (primary N) is 1. The molecule has 1 aliphatic carbocycles. The van der Waals surface area contributed by atoms with Crippen molar-refractivity contribution < 1.29 is 26.4 Å². The summed E-state index contributed by atoms with van der Waals surface area (Å²) in [4.78, 5) is 11.1. The van der Waals surface area contributed by atoms with Gasteiger partial charge in [0.2, 0.25) is 0 Å². The van der Waals surface area contributed by atoms with Crippen molar-refractivity contribution in [1.29, 1.82) is 0 Å². The van der Waals surface area contributed by atoms with Crippen molar-refractivity contribution in [3.63, 3.8) is 0 Å². The predicted octanol–water partition coefficient (Wildman–Crippen LogP) is 3.21. The van der Waals surface area contributed by atoms with Crippen LogP contribution in [0.15, 0.2) is 41.4 Å². The second-order valence-electron chi connectivity index (χ2n) is 7.01. The van der Waals surface area contributed by atoms with Crippen LogP contribution >= 0.6 is 0 Å². The van der Waals surface area contributed by atoms with Gasteiger partial charge in [-0.25, -0.2) is 8.42 Å². The van der Waals surface area contributed by atoms with Gasteiger partial charge in [-0.05, 0) is 55.9 Å². The Hall–Kier alpha value is -2.36. The molecule has 1 heterocycles. The number of hydrogen-bond acceptors (Lipinski definition) is 4. The lowest BCUT2D eigenvalue weighted by Crippen LogP contribution is -2.27. The largest absolute Gasteiger partial charge is 0.416 e. The van der Waals surface area contributed by atoms with Crippen LogP contribution < -0.4 is 5.73 Å². The van der Waals surface area contributed by atoms with Crippen LogP contribution in [0.4, 0.5) is 13.2 Å².